The molecule has 3 heterocycles. The van der Waals surface area contributed by atoms with Crippen LogP contribution in [-0.4, -0.2) is 26.2 Å². The average Bonchev–Trinajstić information content (AvgIpc) is 3.19. The minimum Gasteiger partial charge on any atom is -0.475 e. The number of thioether (sulfide) groups is 1. The summed E-state index contributed by atoms with van der Waals surface area (Å²) in [5.41, 5.74) is 1.83. The van der Waals surface area contributed by atoms with Gasteiger partial charge in [-0.25, -0.2) is 9.55 Å². The second-order valence-corrected chi connectivity index (χ2v) is 7.38. The maximum Gasteiger partial charge on any atom is 0.335 e. The van der Waals surface area contributed by atoms with Crippen LogP contribution in [0.5, 0.6) is 5.88 Å². The van der Waals surface area contributed by atoms with Gasteiger partial charge in [-0.2, -0.15) is 4.57 Å². The number of hydrogen-bond donors (Lipinski definition) is 1. The normalized spacial score (nSPS) is 15.8. The van der Waals surface area contributed by atoms with Crippen LogP contribution in [0.3, 0.4) is 0 Å². The smallest absolute Gasteiger partial charge is 0.335 e. The Morgan fingerprint density at radius 3 is 2.77 bits per heavy atom. The molecule has 0 bridgehead atoms. The zero-order chi connectivity index (χ0) is 18.3. The van der Waals surface area contributed by atoms with Crippen molar-refractivity contribution >= 4 is 29.1 Å². The van der Waals surface area contributed by atoms with E-state index in [1.165, 1.54) is 0 Å². The Bertz CT molecular complexity index is 971. The van der Waals surface area contributed by atoms with Crippen LogP contribution in [0.2, 0.25) is 5.15 Å². The summed E-state index contributed by atoms with van der Waals surface area (Å²) in [4.78, 5) is 17.3. The monoisotopic (exact) mass is 386 g/mol. The number of halogens is 1. The van der Waals surface area contributed by atoms with E-state index in [1.54, 1.807) is 40.7 Å². The highest BCUT2D eigenvalue weighted by molar-refractivity contribution is 7.99. The van der Waals surface area contributed by atoms with Crippen LogP contribution in [0.25, 0.3) is 0 Å². The number of imidazole rings is 1. The Labute approximate surface area is 160 Å². The number of pyridine rings is 1. The number of aromatic hydroxyl groups is 1. The van der Waals surface area contributed by atoms with Gasteiger partial charge in [0.1, 0.15) is 11.2 Å². The van der Waals surface area contributed by atoms with Gasteiger partial charge in [0.2, 0.25) is 5.78 Å². The summed E-state index contributed by atoms with van der Waals surface area (Å²) < 4.78 is 3.72. The van der Waals surface area contributed by atoms with Crippen molar-refractivity contribution in [1.29, 1.82) is 0 Å². The van der Waals surface area contributed by atoms with Crippen LogP contribution in [0, 0.1) is 0 Å². The van der Waals surface area contributed by atoms with Crippen LogP contribution in [0.4, 0.5) is 0 Å². The van der Waals surface area contributed by atoms with Gasteiger partial charge < -0.3 is 5.11 Å². The number of hydrogen-bond acceptors (Lipinski definition) is 4. The molecule has 26 heavy (non-hydrogen) atoms. The van der Waals surface area contributed by atoms with Crippen molar-refractivity contribution in [3.63, 3.8) is 0 Å². The summed E-state index contributed by atoms with van der Waals surface area (Å²) in [6, 6.07) is 12.6. The van der Waals surface area contributed by atoms with Gasteiger partial charge in [-0.3, -0.25) is 4.79 Å². The molecule has 1 aromatic carbocycles. The molecule has 1 unspecified atom stereocenters. The molecular formula is C19H17ClN3O2S+. The number of fused-ring (bicyclic) bond motifs is 1. The summed E-state index contributed by atoms with van der Waals surface area (Å²) >= 11 is 7.54. The van der Waals surface area contributed by atoms with Crippen LogP contribution in [0.15, 0.2) is 53.8 Å². The van der Waals surface area contributed by atoms with Gasteiger partial charge in [-0.15, -0.1) is 0 Å². The van der Waals surface area contributed by atoms with E-state index in [4.69, 9.17) is 11.6 Å². The molecule has 132 valence electrons. The second kappa shape index (κ2) is 6.78. The molecular weight excluding hydrogens is 370 g/mol. The Kier molecular flexibility index (Phi) is 4.46. The standard InChI is InChI=1S/C19H16ClN3O2S/c1-2-22-18(25)16(17(24)12-6-4-3-5-7-12)23-14(11-26-19(22)23)13-8-9-15(20)21-10-13/h3-10,14H,2,11H2,1H3/p+1. The maximum atomic E-state index is 13.1. The lowest BCUT2D eigenvalue weighted by Gasteiger charge is -2.09. The average molecular weight is 387 g/mol. The number of aromatic nitrogens is 3. The predicted molar refractivity (Wildman–Crippen MR) is 100.0 cm³/mol. The number of nitrogens with zero attached hydrogens (tertiary/aromatic N) is 3. The van der Waals surface area contributed by atoms with Crippen LogP contribution < -0.4 is 4.57 Å². The number of carbonyl (C=O) groups excluding carboxylic acids is 1. The van der Waals surface area contributed by atoms with Crippen molar-refractivity contribution in [1.82, 2.24) is 9.55 Å². The van der Waals surface area contributed by atoms with Gasteiger partial charge in [0.05, 0.1) is 12.3 Å². The lowest BCUT2D eigenvalue weighted by Crippen LogP contribution is -2.33. The molecule has 0 radical (unpaired) electrons. The molecule has 1 aliphatic heterocycles. The van der Waals surface area contributed by atoms with Crippen molar-refractivity contribution in [2.75, 3.05) is 5.75 Å². The van der Waals surface area contributed by atoms with Crippen molar-refractivity contribution < 1.29 is 14.5 Å². The van der Waals surface area contributed by atoms with Crippen LogP contribution >= 0.6 is 23.4 Å². The summed E-state index contributed by atoms with van der Waals surface area (Å²) in [7, 11) is 0. The van der Waals surface area contributed by atoms with Crippen molar-refractivity contribution in [3.05, 3.63) is 70.6 Å². The third kappa shape index (κ3) is 2.70. The molecule has 0 fully saturated rings. The molecule has 0 amide bonds. The first-order chi connectivity index (χ1) is 12.6. The van der Waals surface area contributed by atoms with Gasteiger partial charge in [-0.05, 0) is 24.8 Å². The largest absolute Gasteiger partial charge is 0.475 e. The maximum absolute atomic E-state index is 13.1. The molecule has 1 aliphatic rings. The van der Waals surface area contributed by atoms with E-state index < -0.39 is 0 Å². The van der Waals surface area contributed by atoms with Gasteiger partial charge in [0, 0.05) is 17.3 Å². The van der Waals surface area contributed by atoms with Crippen LogP contribution in [-0.2, 0) is 6.54 Å². The molecule has 2 aromatic heterocycles. The fourth-order valence-electron chi connectivity index (χ4n) is 3.27. The zero-order valence-electron chi connectivity index (χ0n) is 14.1. The molecule has 7 heteroatoms. The quantitative estimate of drug-likeness (QED) is 0.423. The highest BCUT2D eigenvalue weighted by atomic mass is 35.5. The lowest BCUT2D eigenvalue weighted by molar-refractivity contribution is -0.734. The minimum absolute atomic E-state index is 0.00970. The molecule has 0 aliphatic carbocycles. The summed E-state index contributed by atoms with van der Waals surface area (Å²) in [6.45, 7) is 2.54. The predicted octanol–water partition coefficient (Wildman–Crippen LogP) is 3.48. The molecule has 4 rings (SSSR count). The first kappa shape index (κ1) is 17.1. The van der Waals surface area contributed by atoms with E-state index in [2.05, 4.69) is 4.98 Å². The fraction of sp³-hybridized carbons (Fsp3) is 0.211. The van der Waals surface area contributed by atoms with E-state index in [1.807, 2.05) is 35.8 Å². The highest BCUT2D eigenvalue weighted by Crippen LogP contribution is 2.40. The van der Waals surface area contributed by atoms with Gasteiger partial charge in [0.25, 0.3) is 5.69 Å². The molecule has 1 N–H and O–H groups in total. The molecule has 1 atom stereocenters. The van der Waals surface area contributed by atoms with Crippen molar-refractivity contribution in [2.45, 2.75) is 24.7 Å². The number of ketones is 1. The van der Waals surface area contributed by atoms with Crippen molar-refractivity contribution in [3.8, 4) is 5.88 Å². The molecule has 5 nitrogen and oxygen atoms in total. The Morgan fingerprint density at radius 1 is 1.35 bits per heavy atom. The first-order valence-electron chi connectivity index (χ1n) is 8.32. The third-order valence-electron chi connectivity index (χ3n) is 4.53. The number of rotatable bonds is 4. The number of benzene rings is 1. The minimum atomic E-state index is -0.189. The Morgan fingerprint density at radius 2 is 2.12 bits per heavy atom. The summed E-state index contributed by atoms with van der Waals surface area (Å²) in [5, 5.41) is 12.1. The topological polar surface area (TPSA) is 59.0 Å². The Hall–Kier alpha value is -2.31. The van der Waals surface area contributed by atoms with Crippen LogP contribution in [0.1, 0.15) is 34.6 Å². The fourth-order valence-corrected chi connectivity index (χ4v) is 4.76. The van der Waals surface area contributed by atoms with Gasteiger partial charge in [0.15, 0.2) is 0 Å². The molecule has 0 saturated heterocycles. The first-order valence-corrected chi connectivity index (χ1v) is 9.69. The summed E-state index contributed by atoms with van der Waals surface area (Å²) in [6.07, 6.45) is 1.73. The van der Waals surface area contributed by atoms with E-state index >= 15 is 0 Å². The zero-order valence-corrected chi connectivity index (χ0v) is 15.7. The number of carbonyl (C=O) groups is 1. The third-order valence-corrected chi connectivity index (χ3v) is 5.91. The molecule has 3 aromatic rings. The van der Waals surface area contributed by atoms with E-state index in [0.717, 1.165) is 16.5 Å². The van der Waals surface area contributed by atoms with E-state index in [0.29, 0.717) is 23.0 Å². The van der Waals surface area contributed by atoms with Gasteiger partial charge >= 0.3 is 11.0 Å². The second-order valence-electron chi connectivity index (χ2n) is 6.01. The van der Waals surface area contributed by atoms with Crippen molar-refractivity contribution in [2.24, 2.45) is 0 Å². The van der Waals surface area contributed by atoms with E-state index in [-0.39, 0.29) is 17.7 Å². The molecule has 0 spiro atoms. The van der Waals surface area contributed by atoms with Gasteiger partial charge in [-0.1, -0.05) is 48.0 Å². The SMILES string of the molecule is CC[n+]1c(O)c(C(=O)c2ccccc2)n2c1SCC2c1ccc(Cl)nc1. The Balaban J connectivity index is 1.88. The highest BCUT2D eigenvalue weighted by Gasteiger charge is 2.43. The van der Waals surface area contributed by atoms with E-state index in [9.17, 15) is 9.90 Å². The lowest BCUT2D eigenvalue weighted by atomic mass is 10.1. The molecule has 0 saturated carbocycles. The summed E-state index contributed by atoms with van der Waals surface area (Å²) in [5.74, 6) is 0.593.